The number of nitrogens with zero attached hydrogens (tertiary/aromatic N) is 2. The van der Waals surface area contributed by atoms with Gasteiger partial charge in [-0.25, -0.2) is 18.1 Å². The molecule has 0 unspecified atom stereocenters. The largest absolute Gasteiger partial charge is 0.439 e. The fraction of sp³-hybridized carbons (Fsp3) is 0.0833. The van der Waals surface area contributed by atoms with Gasteiger partial charge in [0, 0.05) is 23.1 Å². The molecule has 166 valence electrons. The topological polar surface area (TPSA) is 65.3 Å². The first-order valence-corrected chi connectivity index (χ1v) is 10.4. The Labute approximate surface area is 191 Å². The summed E-state index contributed by atoms with van der Waals surface area (Å²) in [5.41, 5.74) is 0.975. The second-order valence-electron chi connectivity index (χ2n) is 7.50. The molecule has 0 saturated heterocycles. The molecule has 0 saturated carbocycles. The number of hydrogen-bond donors (Lipinski definition) is 1. The van der Waals surface area contributed by atoms with Crippen molar-refractivity contribution in [1.29, 1.82) is 0 Å². The summed E-state index contributed by atoms with van der Waals surface area (Å²) in [5.74, 6) is -1.41. The van der Waals surface area contributed by atoms with E-state index >= 15 is 0 Å². The molecule has 0 bridgehead atoms. The van der Waals surface area contributed by atoms with Crippen LogP contribution in [0.3, 0.4) is 0 Å². The highest BCUT2D eigenvalue weighted by molar-refractivity contribution is 6.30. The van der Waals surface area contributed by atoms with Crippen molar-refractivity contribution in [2.24, 2.45) is 0 Å². The molecule has 1 aliphatic rings. The number of aromatic nitrogens is 2. The van der Waals surface area contributed by atoms with Crippen LogP contribution in [0.5, 0.6) is 11.6 Å². The van der Waals surface area contributed by atoms with Gasteiger partial charge in [-0.3, -0.25) is 9.59 Å². The highest BCUT2D eigenvalue weighted by atomic mass is 35.5. The first kappa shape index (κ1) is 21.0. The quantitative estimate of drug-likeness (QED) is 0.408. The fourth-order valence-electron chi connectivity index (χ4n) is 3.81. The zero-order valence-electron chi connectivity index (χ0n) is 17.0. The van der Waals surface area contributed by atoms with Crippen molar-refractivity contribution in [3.8, 4) is 17.3 Å². The van der Waals surface area contributed by atoms with E-state index in [1.807, 2.05) is 0 Å². The van der Waals surface area contributed by atoms with E-state index in [4.69, 9.17) is 16.3 Å². The van der Waals surface area contributed by atoms with Crippen LogP contribution < -0.4 is 15.6 Å². The summed E-state index contributed by atoms with van der Waals surface area (Å²) in [6, 6.07) is 16.6. The van der Waals surface area contributed by atoms with E-state index < -0.39 is 17.5 Å². The van der Waals surface area contributed by atoms with E-state index in [1.54, 1.807) is 48.5 Å². The second-order valence-corrected chi connectivity index (χ2v) is 7.93. The smallest absolute Gasteiger partial charge is 0.278 e. The zero-order valence-corrected chi connectivity index (χ0v) is 17.8. The van der Waals surface area contributed by atoms with Crippen molar-refractivity contribution >= 4 is 23.2 Å². The van der Waals surface area contributed by atoms with Gasteiger partial charge in [0.1, 0.15) is 23.9 Å². The third-order valence-electron chi connectivity index (χ3n) is 5.28. The van der Waals surface area contributed by atoms with Crippen LogP contribution in [0.15, 0.2) is 71.5 Å². The number of halogens is 3. The van der Waals surface area contributed by atoms with Crippen molar-refractivity contribution < 1.29 is 18.3 Å². The summed E-state index contributed by atoms with van der Waals surface area (Å²) < 4.78 is 36.2. The number of nitrogens with one attached hydrogen (secondary N) is 1. The van der Waals surface area contributed by atoms with Crippen molar-refractivity contribution in [2.45, 2.75) is 13.0 Å². The highest BCUT2D eigenvalue weighted by Gasteiger charge is 2.29. The summed E-state index contributed by atoms with van der Waals surface area (Å²) >= 11 is 6.09. The Morgan fingerprint density at radius 1 is 1.06 bits per heavy atom. The predicted molar refractivity (Wildman–Crippen MR) is 119 cm³/mol. The normalized spacial score (nSPS) is 12.0. The SMILES string of the molecule is O=C(Cn1c2c(c(=O)n1-c1ccccc1)Cc1cc(Cl)ccc1O2)Nc1cc(F)ccc1F. The molecular weight excluding hydrogens is 452 g/mol. The van der Waals surface area contributed by atoms with Gasteiger partial charge in [0.25, 0.3) is 5.56 Å². The Kier molecular flexibility index (Phi) is 5.22. The number of carbonyl (C=O) groups excluding carboxylic acids is 1. The Bertz CT molecular complexity index is 1450. The molecule has 1 N–H and O–H groups in total. The molecule has 0 atom stereocenters. The maximum atomic E-state index is 14.0. The average Bonchev–Trinajstić information content (AvgIpc) is 3.06. The number of carbonyl (C=O) groups is 1. The summed E-state index contributed by atoms with van der Waals surface area (Å²) in [7, 11) is 0. The third-order valence-corrected chi connectivity index (χ3v) is 5.51. The number of ether oxygens (including phenoxy) is 1. The van der Waals surface area contributed by atoms with Gasteiger partial charge < -0.3 is 10.1 Å². The van der Waals surface area contributed by atoms with Gasteiger partial charge in [0.2, 0.25) is 11.8 Å². The molecule has 1 aromatic heterocycles. The van der Waals surface area contributed by atoms with Crippen LogP contribution in [0.4, 0.5) is 14.5 Å². The van der Waals surface area contributed by atoms with Gasteiger partial charge in [-0.1, -0.05) is 29.8 Å². The zero-order chi connectivity index (χ0) is 23.1. The first-order chi connectivity index (χ1) is 15.9. The molecule has 33 heavy (non-hydrogen) atoms. The molecule has 2 heterocycles. The van der Waals surface area contributed by atoms with Crippen LogP contribution in [0, 0.1) is 11.6 Å². The van der Waals surface area contributed by atoms with Gasteiger partial charge in [-0.05, 0) is 42.5 Å². The van der Waals surface area contributed by atoms with Crippen molar-refractivity contribution in [1.82, 2.24) is 9.36 Å². The number of rotatable bonds is 4. The minimum absolute atomic E-state index is 0.202. The predicted octanol–water partition coefficient (Wildman–Crippen LogP) is 4.91. The van der Waals surface area contributed by atoms with Crippen LogP contribution in [0.25, 0.3) is 5.69 Å². The summed E-state index contributed by atoms with van der Waals surface area (Å²) in [6.45, 7) is -0.377. The minimum Gasteiger partial charge on any atom is -0.439 e. The molecule has 9 heteroatoms. The molecule has 0 fully saturated rings. The lowest BCUT2D eigenvalue weighted by atomic mass is 10.0. The lowest BCUT2D eigenvalue weighted by Crippen LogP contribution is -2.27. The van der Waals surface area contributed by atoms with Crippen LogP contribution >= 0.6 is 11.6 Å². The molecule has 1 amide bonds. The number of anilines is 1. The van der Waals surface area contributed by atoms with Crippen molar-refractivity contribution in [3.05, 3.63) is 105 Å². The molecule has 0 spiro atoms. The molecule has 0 aliphatic carbocycles. The number of amides is 1. The minimum atomic E-state index is -0.776. The molecule has 4 aromatic rings. The molecule has 0 radical (unpaired) electrons. The van der Waals surface area contributed by atoms with Gasteiger partial charge in [-0.2, -0.15) is 0 Å². The van der Waals surface area contributed by atoms with Crippen LogP contribution in [-0.4, -0.2) is 15.3 Å². The standard InChI is InChI=1S/C24H16ClF2N3O3/c25-15-6-9-21-14(10-15)11-18-23(32)30(17-4-2-1-3-5-17)29(24(18)33-21)13-22(31)28-20-12-16(26)7-8-19(20)27/h1-10,12H,11,13H2,(H,28,31). The molecule has 6 nitrogen and oxygen atoms in total. The monoisotopic (exact) mass is 467 g/mol. The lowest BCUT2D eigenvalue weighted by molar-refractivity contribution is -0.117. The van der Waals surface area contributed by atoms with E-state index in [0.29, 0.717) is 22.0 Å². The van der Waals surface area contributed by atoms with E-state index in [9.17, 15) is 18.4 Å². The summed E-state index contributed by atoms with van der Waals surface area (Å²) in [4.78, 5) is 26.2. The van der Waals surface area contributed by atoms with E-state index in [0.717, 1.165) is 23.8 Å². The third kappa shape index (κ3) is 3.89. The number of benzene rings is 3. The van der Waals surface area contributed by atoms with Crippen LogP contribution in [-0.2, 0) is 17.8 Å². The average molecular weight is 468 g/mol. The van der Waals surface area contributed by atoms with Gasteiger partial charge >= 0.3 is 0 Å². The summed E-state index contributed by atoms with van der Waals surface area (Å²) in [5, 5.41) is 2.87. The maximum Gasteiger partial charge on any atom is 0.278 e. The maximum absolute atomic E-state index is 14.0. The Balaban J connectivity index is 1.58. The van der Waals surface area contributed by atoms with Crippen LogP contribution in [0.2, 0.25) is 5.02 Å². The Morgan fingerprint density at radius 3 is 2.64 bits per heavy atom. The van der Waals surface area contributed by atoms with E-state index in [2.05, 4.69) is 5.32 Å². The number of para-hydroxylation sites is 1. The highest BCUT2D eigenvalue weighted by Crippen LogP contribution is 2.37. The van der Waals surface area contributed by atoms with Gasteiger partial charge in [-0.15, -0.1) is 0 Å². The molecular formula is C24H16ClF2N3O3. The molecule has 3 aromatic carbocycles. The van der Waals surface area contributed by atoms with E-state index in [-0.39, 0.29) is 30.1 Å². The fourth-order valence-corrected chi connectivity index (χ4v) is 4.00. The summed E-state index contributed by atoms with van der Waals surface area (Å²) in [6.07, 6.45) is 0.268. The van der Waals surface area contributed by atoms with Crippen molar-refractivity contribution in [2.75, 3.05) is 5.32 Å². The lowest BCUT2D eigenvalue weighted by Gasteiger charge is -2.19. The number of fused-ring (bicyclic) bond motifs is 2. The van der Waals surface area contributed by atoms with E-state index in [1.165, 1.54) is 9.36 Å². The van der Waals surface area contributed by atoms with Gasteiger partial charge in [0.15, 0.2) is 0 Å². The van der Waals surface area contributed by atoms with Gasteiger partial charge in [0.05, 0.1) is 16.9 Å². The second kappa shape index (κ2) is 8.22. The van der Waals surface area contributed by atoms with Crippen molar-refractivity contribution in [3.63, 3.8) is 0 Å². The molecule has 1 aliphatic heterocycles. The van der Waals surface area contributed by atoms with Crippen LogP contribution in [0.1, 0.15) is 11.1 Å². The molecule has 5 rings (SSSR count). The number of hydrogen-bond acceptors (Lipinski definition) is 3. The Hall–Kier alpha value is -3.91. The first-order valence-electron chi connectivity index (χ1n) is 10.0. The Morgan fingerprint density at radius 2 is 1.85 bits per heavy atom.